The van der Waals surface area contributed by atoms with Gasteiger partial charge in [0.15, 0.2) is 0 Å². The minimum absolute atomic E-state index is 0.0536. The summed E-state index contributed by atoms with van der Waals surface area (Å²) < 4.78 is 0. The Morgan fingerprint density at radius 3 is 2.76 bits per heavy atom. The number of hydrogen-bond donors (Lipinski definition) is 2. The highest BCUT2D eigenvalue weighted by Crippen LogP contribution is 2.31. The summed E-state index contributed by atoms with van der Waals surface area (Å²) in [5, 5.41) is 21.8. The molecule has 1 saturated heterocycles. The number of nitriles is 1. The SMILES string of the molecule is CNC(=O)C1(C)CCN(CC(O)c2ccc(C#N)cc2)C1. The van der Waals surface area contributed by atoms with Crippen LogP contribution in [0, 0.1) is 16.7 Å². The predicted molar refractivity (Wildman–Crippen MR) is 79.3 cm³/mol. The van der Waals surface area contributed by atoms with Gasteiger partial charge in [-0.3, -0.25) is 9.69 Å². The molecule has 0 spiro atoms. The second-order valence-corrected chi connectivity index (χ2v) is 5.87. The van der Waals surface area contributed by atoms with Crippen LogP contribution in [0.1, 0.15) is 30.6 Å². The number of β-amino-alcohol motifs (C(OH)–C–C–N with tert-alkyl or cyclic N) is 1. The molecule has 112 valence electrons. The Morgan fingerprint density at radius 1 is 1.52 bits per heavy atom. The molecule has 1 amide bonds. The Hall–Kier alpha value is -1.90. The van der Waals surface area contributed by atoms with E-state index in [0.717, 1.165) is 18.5 Å². The van der Waals surface area contributed by atoms with Crippen molar-refractivity contribution in [2.45, 2.75) is 19.4 Å². The van der Waals surface area contributed by atoms with Gasteiger partial charge in [-0.25, -0.2) is 0 Å². The van der Waals surface area contributed by atoms with Crippen LogP contribution in [0.4, 0.5) is 0 Å². The van der Waals surface area contributed by atoms with Gasteiger partial charge in [0, 0.05) is 20.1 Å². The average Bonchev–Trinajstić information content (AvgIpc) is 2.88. The van der Waals surface area contributed by atoms with Crippen molar-refractivity contribution >= 4 is 5.91 Å². The average molecular weight is 287 g/mol. The van der Waals surface area contributed by atoms with Gasteiger partial charge in [-0.2, -0.15) is 5.26 Å². The van der Waals surface area contributed by atoms with Gasteiger partial charge in [0.25, 0.3) is 0 Å². The highest BCUT2D eigenvalue weighted by atomic mass is 16.3. The molecule has 0 aromatic heterocycles. The van der Waals surface area contributed by atoms with Crippen molar-refractivity contribution in [1.82, 2.24) is 10.2 Å². The van der Waals surface area contributed by atoms with Gasteiger partial charge < -0.3 is 10.4 Å². The summed E-state index contributed by atoms with van der Waals surface area (Å²) in [6.07, 6.45) is 0.192. The molecule has 1 aliphatic rings. The summed E-state index contributed by atoms with van der Waals surface area (Å²) in [7, 11) is 1.65. The van der Waals surface area contributed by atoms with Crippen LogP contribution in [0.3, 0.4) is 0 Å². The smallest absolute Gasteiger partial charge is 0.227 e. The van der Waals surface area contributed by atoms with Crippen molar-refractivity contribution in [3.05, 3.63) is 35.4 Å². The Morgan fingerprint density at radius 2 is 2.19 bits per heavy atom. The molecular weight excluding hydrogens is 266 g/mol. The number of likely N-dealkylation sites (tertiary alicyclic amines) is 1. The van der Waals surface area contributed by atoms with E-state index in [1.54, 1.807) is 31.3 Å². The number of nitrogens with one attached hydrogen (secondary N) is 1. The molecule has 1 fully saturated rings. The van der Waals surface area contributed by atoms with E-state index < -0.39 is 6.10 Å². The lowest BCUT2D eigenvalue weighted by atomic mass is 9.89. The first kappa shape index (κ1) is 15.5. The minimum Gasteiger partial charge on any atom is -0.387 e. The van der Waals surface area contributed by atoms with E-state index in [1.807, 2.05) is 6.92 Å². The zero-order valence-corrected chi connectivity index (χ0v) is 12.5. The Labute approximate surface area is 125 Å². The molecule has 1 heterocycles. The van der Waals surface area contributed by atoms with Gasteiger partial charge in [0.2, 0.25) is 5.91 Å². The Bertz CT molecular complexity index is 550. The largest absolute Gasteiger partial charge is 0.387 e. The summed E-state index contributed by atoms with van der Waals surface area (Å²) in [4.78, 5) is 14.0. The summed E-state index contributed by atoms with van der Waals surface area (Å²) in [6.45, 7) is 3.91. The molecule has 1 aromatic carbocycles. The van der Waals surface area contributed by atoms with E-state index in [2.05, 4.69) is 16.3 Å². The quantitative estimate of drug-likeness (QED) is 0.868. The molecule has 1 aromatic rings. The van der Waals surface area contributed by atoms with E-state index >= 15 is 0 Å². The van der Waals surface area contributed by atoms with Crippen LogP contribution in [0.25, 0.3) is 0 Å². The molecule has 0 radical (unpaired) electrons. The summed E-state index contributed by atoms with van der Waals surface area (Å²) >= 11 is 0. The maximum Gasteiger partial charge on any atom is 0.227 e. The fourth-order valence-electron chi connectivity index (χ4n) is 2.83. The van der Waals surface area contributed by atoms with Crippen LogP contribution < -0.4 is 5.32 Å². The molecule has 21 heavy (non-hydrogen) atoms. The van der Waals surface area contributed by atoms with E-state index in [1.165, 1.54) is 0 Å². The van der Waals surface area contributed by atoms with E-state index in [4.69, 9.17) is 5.26 Å². The topological polar surface area (TPSA) is 76.4 Å². The van der Waals surface area contributed by atoms with Gasteiger partial charge in [-0.05, 0) is 37.6 Å². The third kappa shape index (κ3) is 3.41. The van der Waals surface area contributed by atoms with Crippen LogP contribution in [0.5, 0.6) is 0 Å². The first-order valence-electron chi connectivity index (χ1n) is 7.11. The standard InChI is InChI=1S/C16H21N3O2/c1-16(15(21)18-2)7-8-19(11-16)10-14(20)13-5-3-12(9-17)4-6-13/h3-6,14,20H,7-8,10-11H2,1-2H3,(H,18,21). The number of rotatable bonds is 4. The zero-order valence-electron chi connectivity index (χ0n) is 12.5. The summed E-state index contributed by atoms with van der Waals surface area (Å²) in [5.41, 5.74) is 1.00. The zero-order chi connectivity index (χ0) is 15.5. The van der Waals surface area contributed by atoms with Crippen molar-refractivity contribution < 1.29 is 9.90 Å². The summed E-state index contributed by atoms with van der Waals surface area (Å²) in [5.74, 6) is 0.0536. The van der Waals surface area contributed by atoms with Crippen molar-refractivity contribution in [3.63, 3.8) is 0 Å². The number of aliphatic hydroxyl groups is 1. The normalized spacial score (nSPS) is 23.5. The second-order valence-electron chi connectivity index (χ2n) is 5.87. The molecule has 1 aliphatic heterocycles. The molecule has 2 rings (SSSR count). The van der Waals surface area contributed by atoms with Crippen molar-refractivity contribution in [3.8, 4) is 6.07 Å². The Balaban J connectivity index is 1.96. The number of carbonyl (C=O) groups is 1. The number of carbonyl (C=O) groups excluding carboxylic acids is 1. The van der Waals surface area contributed by atoms with E-state index in [0.29, 0.717) is 18.7 Å². The fourth-order valence-corrected chi connectivity index (χ4v) is 2.83. The minimum atomic E-state index is -0.607. The first-order chi connectivity index (χ1) is 9.98. The number of benzene rings is 1. The third-order valence-corrected chi connectivity index (χ3v) is 4.18. The molecule has 2 atom stereocenters. The van der Waals surface area contributed by atoms with E-state index in [-0.39, 0.29) is 11.3 Å². The molecule has 5 nitrogen and oxygen atoms in total. The van der Waals surface area contributed by atoms with Crippen LogP contribution in [-0.2, 0) is 4.79 Å². The lowest BCUT2D eigenvalue weighted by molar-refractivity contribution is -0.129. The second kappa shape index (κ2) is 6.25. The number of amides is 1. The highest BCUT2D eigenvalue weighted by molar-refractivity contribution is 5.82. The van der Waals surface area contributed by atoms with Crippen molar-refractivity contribution in [1.29, 1.82) is 5.26 Å². The predicted octanol–water partition coefficient (Wildman–Crippen LogP) is 1.05. The molecule has 0 saturated carbocycles. The number of hydrogen-bond acceptors (Lipinski definition) is 4. The van der Waals surface area contributed by atoms with Gasteiger partial charge in [0.05, 0.1) is 23.2 Å². The monoisotopic (exact) mass is 287 g/mol. The Kier molecular flexibility index (Phi) is 4.61. The number of nitrogens with zero attached hydrogens (tertiary/aromatic N) is 2. The molecule has 2 unspecified atom stereocenters. The van der Waals surface area contributed by atoms with Crippen LogP contribution in [0.15, 0.2) is 24.3 Å². The van der Waals surface area contributed by atoms with Gasteiger partial charge >= 0.3 is 0 Å². The van der Waals surface area contributed by atoms with Gasteiger partial charge in [-0.15, -0.1) is 0 Å². The number of aliphatic hydroxyl groups excluding tert-OH is 1. The molecule has 0 aliphatic carbocycles. The van der Waals surface area contributed by atoms with Crippen LogP contribution in [0.2, 0.25) is 0 Å². The van der Waals surface area contributed by atoms with E-state index in [9.17, 15) is 9.90 Å². The summed E-state index contributed by atoms with van der Waals surface area (Å²) in [6, 6.07) is 9.02. The van der Waals surface area contributed by atoms with Crippen LogP contribution >= 0.6 is 0 Å². The molecule has 2 N–H and O–H groups in total. The van der Waals surface area contributed by atoms with Crippen LogP contribution in [-0.4, -0.2) is 42.6 Å². The molecule has 0 bridgehead atoms. The fraction of sp³-hybridized carbons (Fsp3) is 0.500. The highest BCUT2D eigenvalue weighted by Gasteiger charge is 2.40. The maximum atomic E-state index is 11.9. The molecular formula is C16H21N3O2. The maximum absolute atomic E-state index is 11.9. The van der Waals surface area contributed by atoms with Crippen molar-refractivity contribution in [2.24, 2.45) is 5.41 Å². The molecule has 5 heteroatoms. The van der Waals surface area contributed by atoms with Crippen molar-refractivity contribution in [2.75, 3.05) is 26.7 Å². The van der Waals surface area contributed by atoms with Gasteiger partial charge in [-0.1, -0.05) is 12.1 Å². The lowest BCUT2D eigenvalue weighted by Crippen LogP contribution is -2.39. The lowest BCUT2D eigenvalue weighted by Gasteiger charge is -2.24. The van der Waals surface area contributed by atoms with Gasteiger partial charge in [0.1, 0.15) is 0 Å². The first-order valence-corrected chi connectivity index (χ1v) is 7.11. The third-order valence-electron chi connectivity index (χ3n) is 4.18.